The third-order valence-corrected chi connectivity index (χ3v) is 12.3. The molecule has 0 bridgehead atoms. The second-order valence-corrected chi connectivity index (χ2v) is 16.9. The third kappa shape index (κ3) is 5.24. The first-order chi connectivity index (χ1) is 22.6. The predicted molar refractivity (Wildman–Crippen MR) is 177 cm³/mol. The Morgan fingerprint density at radius 2 is 1.77 bits per heavy atom. The number of carbonyl (C=O) groups excluding carboxylic acids is 2. The van der Waals surface area contributed by atoms with Gasteiger partial charge >= 0.3 is 6.09 Å². The normalized spacial score (nSPS) is 24.7. The van der Waals surface area contributed by atoms with Gasteiger partial charge in [0.1, 0.15) is 6.61 Å². The lowest BCUT2D eigenvalue weighted by atomic mass is 9.82. The van der Waals surface area contributed by atoms with Crippen molar-refractivity contribution in [3.8, 4) is 0 Å². The van der Waals surface area contributed by atoms with Crippen LogP contribution < -0.4 is 9.80 Å². The highest BCUT2D eigenvalue weighted by atomic mass is 28.4. The fourth-order valence-electron chi connectivity index (χ4n) is 7.76. The number of fused-ring (bicyclic) bond motifs is 2. The smallest absolute Gasteiger partial charge is 0.414 e. The minimum atomic E-state index is -3.41. The highest BCUT2D eigenvalue weighted by Gasteiger charge is 2.67. The molecule has 3 aliphatic rings. The van der Waals surface area contributed by atoms with Gasteiger partial charge < -0.3 is 18.7 Å². The van der Waals surface area contributed by atoms with E-state index in [-0.39, 0.29) is 25.0 Å². The van der Waals surface area contributed by atoms with Gasteiger partial charge in [0, 0.05) is 41.1 Å². The summed E-state index contributed by atoms with van der Waals surface area (Å²) in [5, 5.41) is 18.8. The van der Waals surface area contributed by atoms with E-state index >= 15 is 4.11 Å². The van der Waals surface area contributed by atoms with Crippen molar-refractivity contribution in [1.82, 2.24) is 15.0 Å². The van der Waals surface area contributed by atoms with Gasteiger partial charge in [-0.25, -0.2) is 4.79 Å². The van der Waals surface area contributed by atoms with Crippen LogP contribution in [0.1, 0.15) is 36.1 Å². The number of halogens is 1. The zero-order chi connectivity index (χ0) is 32.9. The molecule has 1 N–H and O–H groups in total. The number of anilines is 3. The molecular weight excluding hydrogens is 617 g/mol. The number of benzene rings is 3. The van der Waals surface area contributed by atoms with Gasteiger partial charge in [-0.1, -0.05) is 60.7 Å². The molecule has 0 aliphatic carbocycles. The number of aliphatic hydroxyl groups excluding tert-OH is 1. The molecule has 5 atom stereocenters. The fourth-order valence-corrected chi connectivity index (χ4v) is 10.3. The molecular formula is C35H38FN5O5Si. The third-order valence-electron chi connectivity index (χ3n) is 9.88. The lowest BCUT2D eigenvalue weighted by molar-refractivity contribution is -0.145. The maximum atomic E-state index is 16.4. The molecule has 4 aromatic rings. The number of hydrogen-bond acceptors (Lipinski definition) is 7. The van der Waals surface area contributed by atoms with E-state index in [2.05, 4.69) is 10.3 Å². The molecule has 3 aromatic carbocycles. The van der Waals surface area contributed by atoms with E-state index in [1.165, 1.54) is 0 Å². The highest BCUT2D eigenvalue weighted by molar-refractivity contribution is 6.72. The molecule has 244 valence electrons. The number of hydrogen-bond donors (Lipinski definition) is 1. The zero-order valence-electron chi connectivity index (χ0n) is 26.6. The molecule has 0 radical (unpaired) electrons. The first-order valence-electron chi connectivity index (χ1n) is 16.0. The number of cyclic esters (lactones) is 1. The molecule has 1 spiro atoms. The van der Waals surface area contributed by atoms with E-state index in [0.717, 1.165) is 5.56 Å². The molecule has 10 nitrogen and oxygen atoms in total. The molecule has 7 rings (SSSR count). The second kappa shape index (κ2) is 12.0. The molecule has 1 aromatic heterocycles. The van der Waals surface area contributed by atoms with Crippen LogP contribution in [-0.4, -0.2) is 66.4 Å². The number of amides is 2. The van der Waals surface area contributed by atoms with Crippen LogP contribution in [0.4, 0.5) is 26.0 Å². The Hall–Kier alpha value is -4.39. The van der Waals surface area contributed by atoms with Crippen LogP contribution >= 0.6 is 0 Å². The summed E-state index contributed by atoms with van der Waals surface area (Å²) in [6, 6.07) is 24.5. The molecule has 2 saturated heterocycles. The summed E-state index contributed by atoms with van der Waals surface area (Å²) < 4.78 is 30.2. The van der Waals surface area contributed by atoms with Gasteiger partial charge in [0.2, 0.25) is 8.41 Å². The maximum absolute atomic E-state index is 16.4. The summed E-state index contributed by atoms with van der Waals surface area (Å²) in [6.45, 7) is 6.22. The summed E-state index contributed by atoms with van der Waals surface area (Å²) in [5.74, 6) is -1.09. The average molecular weight is 656 g/mol. The number of aryl methyl sites for hydroxylation is 1. The van der Waals surface area contributed by atoms with Crippen LogP contribution in [0.2, 0.25) is 18.6 Å². The zero-order valence-corrected chi connectivity index (χ0v) is 27.6. The molecule has 0 saturated carbocycles. The van der Waals surface area contributed by atoms with E-state index < -0.39 is 37.7 Å². The van der Waals surface area contributed by atoms with Crippen molar-refractivity contribution in [2.75, 3.05) is 29.6 Å². The van der Waals surface area contributed by atoms with E-state index in [9.17, 15) is 14.7 Å². The van der Waals surface area contributed by atoms with Crippen molar-refractivity contribution in [2.24, 2.45) is 5.92 Å². The number of rotatable bonds is 9. The predicted octanol–water partition coefficient (Wildman–Crippen LogP) is 5.90. The van der Waals surface area contributed by atoms with Crippen LogP contribution in [0.3, 0.4) is 0 Å². The number of aromatic nitrogens is 3. The van der Waals surface area contributed by atoms with E-state index in [1.807, 2.05) is 92.0 Å². The molecule has 1 unspecified atom stereocenters. The molecule has 4 heterocycles. The van der Waals surface area contributed by atoms with Crippen molar-refractivity contribution in [3.05, 3.63) is 102 Å². The number of ether oxygens (including phenoxy) is 2. The Morgan fingerprint density at radius 1 is 1.04 bits per heavy atom. The maximum Gasteiger partial charge on any atom is 0.414 e. The Labute approximate surface area is 273 Å². The van der Waals surface area contributed by atoms with Gasteiger partial charge in [-0.05, 0) is 55.4 Å². The number of carbonyl (C=O) groups is 2. The Bertz CT molecular complexity index is 1780. The quantitative estimate of drug-likeness (QED) is 0.177. The molecule has 2 amide bonds. The first kappa shape index (κ1) is 31.2. The lowest BCUT2D eigenvalue weighted by Crippen LogP contribution is -2.44. The number of nitrogens with zero attached hydrogens (tertiary/aromatic N) is 5. The SMILES string of the molecule is C[C@@H]1[C@@H]([Si](C)(C)F)[C@H](CCn2cc(C(CO)c3ccccc3)nn2)O[C@@]12C(=O)N(c1ccccc1)c1ccc(N3CCOC3=O)cc12. The Kier molecular flexibility index (Phi) is 7.97. The van der Waals surface area contributed by atoms with E-state index in [1.54, 1.807) is 27.6 Å². The van der Waals surface area contributed by atoms with Crippen molar-refractivity contribution in [2.45, 2.75) is 56.1 Å². The Balaban J connectivity index is 1.24. The highest BCUT2D eigenvalue weighted by Crippen LogP contribution is 2.61. The number of aliphatic hydroxyl groups is 1. The van der Waals surface area contributed by atoms with Gasteiger partial charge in [-0.3, -0.25) is 19.3 Å². The largest absolute Gasteiger partial charge is 0.447 e. The minimum absolute atomic E-state index is 0.116. The molecule has 2 fully saturated rings. The number of para-hydroxylation sites is 1. The topological polar surface area (TPSA) is 110 Å². The van der Waals surface area contributed by atoms with Crippen LogP contribution in [0.5, 0.6) is 0 Å². The second-order valence-electron chi connectivity index (χ2n) is 13.1. The minimum Gasteiger partial charge on any atom is -0.447 e. The fraction of sp³-hybridized carbons (Fsp3) is 0.371. The van der Waals surface area contributed by atoms with Gasteiger partial charge in [0.05, 0.1) is 36.6 Å². The van der Waals surface area contributed by atoms with Crippen LogP contribution in [-0.2, 0) is 26.4 Å². The monoisotopic (exact) mass is 655 g/mol. The summed E-state index contributed by atoms with van der Waals surface area (Å²) in [6.07, 6.45) is 1.18. The standard InChI is InChI=1S/C35H38FN5O5Si/c1-23-32(47(2,3)36)31(16-17-39-21-29(37-38-39)27(22-42)24-10-6-4-7-11-24)46-35(23)28-20-26(40-18-19-45-34(40)44)14-15-30(28)41(33(35)43)25-12-8-5-9-13-25/h4-15,20-21,23,27,31-32,42H,16-19,22H2,1-3H3/t23-,27?,31+,32-,35+/m1/s1. The van der Waals surface area contributed by atoms with Gasteiger partial charge in [0.15, 0.2) is 5.60 Å². The van der Waals surface area contributed by atoms with Crippen molar-refractivity contribution in [1.29, 1.82) is 0 Å². The van der Waals surface area contributed by atoms with Crippen molar-refractivity contribution in [3.63, 3.8) is 0 Å². The summed E-state index contributed by atoms with van der Waals surface area (Å²) >= 11 is 0. The van der Waals surface area contributed by atoms with Gasteiger partial charge in [-0.2, -0.15) is 0 Å². The Morgan fingerprint density at radius 3 is 2.43 bits per heavy atom. The molecule has 3 aliphatic heterocycles. The summed E-state index contributed by atoms with van der Waals surface area (Å²) in [5.41, 5.74) is 2.17. The van der Waals surface area contributed by atoms with E-state index in [0.29, 0.717) is 47.8 Å². The molecule has 12 heteroatoms. The van der Waals surface area contributed by atoms with Gasteiger partial charge in [0.25, 0.3) is 5.91 Å². The first-order valence-corrected chi connectivity index (χ1v) is 19.0. The van der Waals surface area contributed by atoms with Gasteiger partial charge in [-0.15, -0.1) is 5.10 Å². The average Bonchev–Trinajstić information content (AvgIpc) is 3.83. The lowest BCUT2D eigenvalue weighted by Gasteiger charge is -2.31. The van der Waals surface area contributed by atoms with Crippen LogP contribution in [0.25, 0.3) is 0 Å². The summed E-state index contributed by atoms with van der Waals surface area (Å²) in [7, 11) is -3.41. The van der Waals surface area contributed by atoms with Crippen LogP contribution in [0, 0.1) is 5.92 Å². The van der Waals surface area contributed by atoms with Crippen molar-refractivity contribution >= 4 is 37.5 Å². The van der Waals surface area contributed by atoms with E-state index in [4.69, 9.17) is 9.47 Å². The van der Waals surface area contributed by atoms with Crippen LogP contribution in [0.15, 0.2) is 85.1 Å². The molecule has 47 heavy (non-hydrogen) atoms. The summed E-state index contributed by atoms with van der Waals surface area (Å²) in [4.78, 5) is 30.5. The van der Waals surface area contributed by atoms with Crippen molar-refractivity contribution < 1.29 is 28.3 Å².